The first-order valence-electron chi connectivity index (χ1n) is 10.3. The smallest absolute Gasteiger partial charge is 0.0402 e. The van der Waals surface area contributed by atoms with Gasteiger partial charge >= 0.3 is 0 Å². The zero-order valence-electron chi connectivity index (χ0n) is 15.9. The third-order valence-corrected chi connectivity index (χ3v) is 8.59. The number of anilines is 1. The largest absolute Gasteiger partial charge is 0.363 e. The molecule has 0 amide bonds. The van der Waals surface area contributed by atoms with Crippen molar-refractivity contribution in [2.24, 2.45) is 29.1 Å². The van der Waals surface area contributed by atoms with E-state index < -0.39 is 0 Å². The standard InChI is InChI=1S/C23H33N/c1-15-7-5-6-8-21(15)24-16(2)23(14-22(24,3)4)19-10-17-9-18(12-19)13-20(23)11-17/h5-8,16-20H,9-14H2,1-4H3/t16-,17?,18?,19?,20?,23?/m0/s1. The summed E-state index contributed by atoms with van der Waals surface area (Å²) in [4.78, 5) is 2.82. The lowest BCUT2D eigenvalue weighted by molar-refractivity contribution is -0.113. The predicted octanol–water partition coefficient (Wildman–Crippen LogP) is 5.81. The van der Waals surface area contributed by atoms with Crippen LogP contribution in [-0.2, 0) is 0 Å². The van der Waals surface area contributed by atoms with Crippen molar-refractivity contribution in [1.82, 2.24) is 0 Å². The second kappa shape index (κ2) is 4.80. The summed E-state index contributed by atoms with van der Waals surface area (Å²) >= 11 is 0. The average Bonchev–Trinajstić information content (AvgIpc) is 2.72. The molecule has 0 aromatic heterocycles. The highest BCUT2D eigenvalue weighted by Gasteiger charge is 2.65. The summed E-state index contributed by atoms with van der Waals surface area (Å²) in [5, 5.41) is 0. The highest BCUT2D eigenvalue weighted by molar-refractivity contribution is 5.58. The maximum atomic E-state index is 2.82. The van der Waals surface area contributed by atoms with Crippen LogP contribution < -0.4 is 4.90 Å². The number of para-hydroxylation sites is 1. The van der Waals surface area contributed by atoms with E-state index in [0.29, 0.717) is 11.5 Å². The van der Waals surface area contributed by atoms with Crippen LogP contribution in [0.3, 0.4) is 0 Å². The first-order valence-corrected chi connectivity index (χ1v) is 10.3. The van der Waals surface area contributed by atoms with Crippen LogP contribution in [0.4, 0.5) is 5.69 Å². The number of nitrogens with zero attached hydrogens (tertiary/aromatic N) is 1. The van der Waals surface area contributed by atoms with Crippen LogP contribution >= 0.6 is 0 Å². The Morgan fingerprint density at radius 1 is 0.917 bits per heavy atom. The van der Waals surface area contributed by atoms with Crippen molar-refractivity contribution in [2.45, 2.75) is 77.8 Å². The van der Waals surface area contributed by atoms with E-state index in [9.17, 15) is 0 Å². The van der Waals surface area contributed by atoms with Crippen molar-refractivity contribution in [3.63, 3.8) is 0 Å². The van der Waals surface area contributed by atoms with Crippen LogP contribution in [0.25, 0.3) is 0 Å². The third kappa shape index (κ3) is 1.82. The van der Waals surface area contributed by atoms with Gasteiger partial charge in [0.1, 0.15) is 0 Å². The number of aryl methyl sites for hydroxylation is 1. The lowest BCUT2D eigenvalue weighted by atomic mass is 9.43. The predicted molar refractivity (Wildman–Crippen MR) is 101 cm³/mol. The van der Waals surface area contributed by atoms with Gasteiger partial charge in [0.15, 0.2) is 0 Å². The summed E-state index contributed by atoms with van der Waals surface area (Å²) < 4.78 is 0. The van der Waals surface area contributed by atoms with Crippen LogP contribution in [0.2, 0.25) is 0 Å². The fourth-order valence-corrected chi connectivity index (χ4v) is 8.15. The molecule has 5 fully saturated rings. The molecule has 1 saturated heterocycles. The van der Waals surface area contributed by atoms with Gasteiger partial charge in [-0.1, -0.05) is 18.2 Å². The van der Waals surface area contributed by atoms with Gasteiger partial charge < -0.3 is 4.90 Å². The molecule has 0 unspecified atom stereocenters. The van der Waals surface area contributed by atoms with E-state index >= 15 is 0 Å². The lowest BCUT2D eigenvalue weighted by Gasteiger charge is -2.62. The van der Waals surface area contributed by atoms with Crippen molar-refractivity contribution in [3.05, 3.63) is 29.8 Å². The molecule has 6 rings (SSSR count). The number of rotatable bonds is 1. The van der Waals surface area contributed by atoms with Crippen molar-refractivity contribution in [2.75, 3.05) is 4.90 Å². The highest BCUT2D eigenvalue weighted by atomic mass is 15.3. The van der Waals surface area contributed by atoms with Crippen molar-refractivity contribution in [3.8, 4) is 0 Å². The molecule has 0 N–H and O–H groups in total. The monoisotopic (exact) mass is 323 g/mol. The Morgan fingerprint density at radius 3 is 2.08 bits per heavy atom. The molecule has 1 aromatic rings. The minimum atomic E-state index is 0.279. The quantitative estimate of drug-likeness (QED) is 0.630. The summed E-state index contributed by atoms with van der Waals surface area (Å²) in [5.74, 6) is 4.14. The number of hydrogen-bond donors (Lipinski definition) is 0. The fraction of sp³-hybridized carbons (Fsp3) is 0.739. The zero-order valence-corrected chi connectivity index (χ0v) is 15.9. The molecule has 1 aliphatic heterocycles. The summed E-state index contributed by atoms with van der Waals surface area (Å²) in [6.07, 6.45) is 9.11. The van der Waals surface area contributed by atoms with Crippen LogP contribution in [-0.4, -0.2) is 11.6 Å². The van der Waals surface area contributed by atoms with E-state index in [-0.39, 0.29) is 5.54 Å². The van der Waals surface area contributed by atoms with Crippen LogP contribution in [0, 0.1) is 36.0 Å². The molecular formula is C23H33N. The molecule has 4 aliphatic carbocycles. The Bertz CT molecular complexity index is 630. The molecule has 4 bridgehead atoms. The Kier molecular flexibility index (Phi) is 3.06. The van der Waals surface area contributed by atoms with Crippen molar-refractivity contribution in [1.29, 1.82) is 0 Å². The van der Waals surface area contributed by atoms with Crippen molar-refractivity contribution >= 4 is 5.69 Å². The first-order chi connectivity index (χ1) is 11.4. The fourth-order valence-electron chi connectivity index (χ4n) is 8.15. The van der Waals surface area contributed by atoms with Gasteiger partial charge in [0.25, 0.3) is 0 Å². The van der Waals surface area contributed by atoms with Gasteiger partial charge in [-0.3, -0.25) is 0 Å². The number of hydrogen-bond acceptors (Lipinski definition) is 1. The average molecular weight is 324 g/mol. The Morgan fingerprint density at radius 2 is 1.50 bits per heavy atom. The zero-order chi connectivity index (χ0) is 16.7. The maximum Gasteiger partial charge on any atom is 0.0402 e. The lowest BCUT2D eigenvalue weighted by Crippen LogP contribution is -2.57. The topological polar surface area (TPSA) is 3.24 Å². The van der Waals surface area contributed by atoms with Gasteiger partial charge in [-0.2, -0.15) is 0 Å². The van der Waals surface area contributed by atoms with E-state index in [1.807, 2.05) is 0 Å². The van der Waals surface area contributed by atoms with Crippen LogP contribution in [0.1, 0.15) is 64.9 Å². The van der Waals surface area contributed by atoms with Gasteiger partial charge in [-0.15, -0.1) is 0 Å². The first kappa shape index (κ1) is 15.3. The molecule has 130 valence electrons. The minimum absolute atomic E-state index is 0.279. The molecule has 1 heteroatoms. The van der Waals surface area contributed by atoms with E-state index in [1.165, 1.54) is 43.4 Å². The maximum absolute atomic E-state index is 2.82. The van der Waals surface area contributed by atoms with E-state index in [0.717, 1.165) is 23.7 Å². The molecule has 1 spiro atoms. The Hall–Kier alpha value is -0.980. The van der Waals surface area contributed by atoms with E-state index in [2.05, 4.69) is 56.9 Å². The normalized spacial score (nSPS) is 45.3. The SMILES string of the molecule is Cc1ccccc1N1[C@@H](C)C2(CC1(C)C)C1CC3CC(C1)CC2C3. The van der Waals surface area contributed by atoms with E-state index in [4.69, 9.17) is 0 Å². The van der Waals surface area contributed by atoms with Crippen molar-refractivity contribution < 1.29 is 0 Å². The minimum Gasteiger partial charge on any atom is -0.363 e. The second-order valence-corrected chi connectivity index (χ2v) is 10.2. The molecule has 24 heavy (non-hydrogen) atoms. The molecular weight excluding hydrogens is 290 g/mol. The number of benzene rings is 1. The van der Waals surface area contributed by atoms with Gasteiger partial charge in [0, 0.05) is 17.3 Å². The molecule has 0 radical (unpaired) electrons. The second-order valence-electron chi connectivity index (χ2n) is 10.2. The van der Waals surface area contributed by atoms with Gasteiger partial charge in [-0.05, 0) is 107 Å². The van der Waals surface area contributed by atoms with Crippen LogP contribution in [0.5, 0.6) is 0 Å². The summed E-state index contributed by atoms with van der Waals surface area (Å²) in [7, 11) is 0. The van der Waals surface area contributed by atoms with Gasteiger partial charge in [0.05, 0.1) is 0 Å². The molecule has 1 atom stereocenters. The van der Waals surface area contributed by atoms with Gasteiger partial charge in [0.2, 0.25) is 0 Å². The highest BCUT2D eigenvalue weighted by Crippen LogP contribution is 2.69. The van der Waals surface area contributed by atoms with E-state index in [1.54, 1.807) is 6.42 Å². The molecule has 1 aromatic carbocycles. The molecule has 5 aliphatic rings. The Balaban J connectivity index is 1.60. The third-order valence-electron chi connectivity index (χ3n) is 8.59. The summed E-state index contributed by atoms with van der Waals surface area (Å²) in [5.41, 5.74) is 3.79. The Labute approximate surface area is 147 Å². The summed E-state index contributed by atoms with van der Waals surface area (Å²) in [6, 6.07) is 9.75. The molecule has 1 heterocycles. The molecule has 1 nitrogen and oxygen atoms in total. The van der Waals surface area contributed by atoms with Gasteiger partial charge in [-0.25, -0.2) is 0 Å². The summed E-state index contributed by atoms with van der Waals surface area (Å²) in [6.45, 7) is 9.88. The molecule has 4 saturated carbocycles. The van der Waals surface area contributed by atoms with Crippen LogP contribution in [0.15, 0.2) is 24.3 Å².